The van der Waals surface area contributed by atoms with Gasteiger partial charge in [-0.15, -0.1) is 0 Å². The van der Waals surface area contributed by atoms with Crippen molar-refractivity contribution in [3.8, 4) is 0 Å². The SMILES string of the molecule is Cc1cc(C)c(NC(=O)C(C)n2ccc3cc(C(C)C)ccc32)c(C)c1. The summed E-state index contributed by atoms with van der Waals surface area (Å²) in [5.74, 6) is 0.501. The number of hydrogen-bond acceptors (Lipinski definition) is 1. The van der Waals surface area contributed by atoms with E-state index in [-0.39, 0.29) is 11.9 Å². The highest BCUT2D eigenvalue weighted by atomic mass is 16.2. The first kappa shape index (κ1) is 18.2. The van der Waals surface area contributed by atoms with E-state index >= 15 is 0 Å². The van der Waals surface area contributed by atoms with E-state index in [2.05, 4.69) is 62.5 Å². The summed E-state index contributed by atoms with van der Waals surface area (Å²) in [6, 6.07) is 12.5. The zero-order valence-electron chi connectivity index (χ0n) is 16.6. The van der Waals surface area contributed by atoms with Crippen molar-refractivity contribution in [2.45, 2.75) is 53.5 Å². The Morgan fingerprint density at radius 2 is 1.62 bits per heavy atom. The summed E-state index contributed by atoms with van der Waals surface area (Å²) < 4.78 is 2.05. The van der Waals surface area contributed by atoms with Gasteiger partial charge in [-0.2, -0.15) is 0 Å². The second kappa shape index (κ2) is 6.99. The maximum atomic E-state index is 12.9. The third kappa shape index (κ3) is 3.39. The van der Waals surface area contributed by atoms with Crippen molar-refractivity contribution < 1.29 is 4.79 Å². The lowest BCUT2D eigenvalue weighted by Gasteiger charge is -2.18. The number of amides is 1. The molecule has 0 saturated carbocycles. The normalized spacial score (nSPS) is 12.6. The Kier molecular flexibility index (Phi) is 4.90. The Morgan fingerprint density at radius 3 is 2.23 bits per heavy atom. The first-order chi connectivity index (χ1) is 12.3. The lowest BCUT2D eigenvalue weighted by molar-refractivity contribution is -0.118. The molecule has 0 spiro atoms. The van der Waals surface area contributed by atoms with E-state index in [4.69, 9.17) is 0 Å². The Morgan fingerprint density at radius 1 is 0.962 bits per heavy atom. The van der Waals surface area contributed by atoms with Crippen LogP contribution < -0.4 is 5.32 Å². The highest BCUT2D eigenvalue weighted by Crippen LogP contribution is 2.27. The standard InChI is InChI=1S/C23H28N2O/c1-14(2)19-7-8-21-20(13-19)9-10-25(21)18(6)23(26)24-22-16(4)11-15(3)12-17(22)5/h7-14,18H,1-6H3,(H,24,26). The van der Waals surface area contributed by atoms with Crippen LogP contribution in [0.2, 0.25) is 0 Å². The summed E-state index contributed by atoms with van der Waals surface area (Å²) in [6.45, 7) is 12.5. The number of fused-ring (bicyclic) bond motifs is 1. The maximum Gasteiger partial charge on any atom is 0.247 e. The molecule has 0 radical (unpaired) electrons. The van der Waals surface area contributed by atoms with Crippen molar-refractivity contribution in [1.29, 1.82) is 0 Å². The van der Waals surface area contributed by atoms with Crippen molar-refractivity contribution in [2.75, 3.05) is 5.32 Å². The molecule has 1 unspecified atom stereocenters. The molecule has 0 aliphatic rings. The average molecular weight is 348 g/mol. The van der Waals surface area contributed by atoms with Gasteiger partial charge >= 0.3 is 0 Å². The number of carbonyl (C=O) groups excluding carboxylic acids is 1. The van der Waals surface area contributed by atoms with Gasteiger partial charge in [0.05, 0.1) is 0 Å². The molecule has 0 aliphatic heterocycles. The molecule has 136 valence electrons. The number of rotatable bonds is 4. The Hall–Kier alpha value is -2.55. The van der Waals surface area contributed by atoms with E-state index in [1.165, 1.54) is 16.5 Å². The van der Waals surface area contributed by atoms with E-state index in [1.807, 2.05) is 31.5 Å². The number of nitrogens with zero attached hydrogens (tertiary/aromatic N) is 1. The van der Waals surface area contributed by atoms with Crippen LogP contribution in [0.5, 0.6) is 0 Å². The van der Waals surface area contributed by atoms with Crippen molar-refractivity contribution >= 4 is 22.5 Å². The van der Waals surface area contributed by atoms with E-state index in [1.54, 1.807) is 0 Å². The highest BCUT2D eigenvalue weighted by Gasteiger charge is 2.18. The fraction of sp³-hybridized carbons (Fsp3) is 0.348. The number of aryl methyl sites for hydroxylation is 3. The topological polar surface area (TPSA) is 34.0 Å². The molecule has 1 N–H and O–H groups in total. The second-order valence-electron chi connectivity index (χ2n) is 7.63. The third-order valence-corrected chi connectivity index (χ3v) is 5.13. The minimum absolute atomic E-state index is 0.00508. The van der Waals surface area contributed by atoms with Gasteiger partial charge in [-0.3, -0.25) is 4.79 Å². The number of carbonyl (C=O) groups is 1. The van der Waals surface area contributed by atoms with Gasteiger partial charge in [0.25, 0.3) is 0 Å². The Bertz CT molecular complexity index is 942. The molecule has 0 fully saturated rings. The highest BCUT2D eigenvalue weighted by molar-refractivity contribution is 5.96. The number of benzene rings is 2. The summed E-state index contributed by atoms with van der Waals surface area (Å²) in [6.07, 6.45) is 2.01. The average Bonchev–Trinajstić information content (AvgIpc) is 3.00. The quantitative estimate of drug-likeness (QED) is 0.627. The van der Waals surface area contributed by atoms with Crippen LogP contribution in [0.3, 0.4) is 0 Å². The van der Waals surface area contributed by atoms with E-state index < -0.39 is 0 Å². The van der Waals surface area contributed by atoms with E-state index in [0.717, 1.165) is 22.3 Å². The van der Waals surface area contributed by atoms with Crippen LogP contribution in [0.1, 0.15) is 55.0 Å². The number of aromatic nitrogens is 1. The summed E-state index contributed by atoms with van der Waals surface area (Å²) in [7, 11) is 0. The molecule has 0 bridgehead atoms. The monoisotopic (exact) mass is 348 g/mol. The molecule has 3 rings (SSSR count). The lowest BCUT2D eigenvalue weighted by Crippen LogP contribution is -2.24. The van der Waals surface area contributed by atoms with Crippen LogP contribution >= 0.6 is 0 Å². The zero-order valence-corrected chi connectivity index (χ0v) is 16.6. The second-order valence-corrected chi connectivity index (χ2v) is 7.63. The van der Waals surface area contributed by atoms with E-state index in [9.17, 15) is 4.79 Å². The molecule has 3 nitrogen and oxygen atoms in total. The molecule has 3 aromatic rings. The lowest BCUT2D eigenvalue weighted by atomic mass is 10.0. The fourth-order valence-electron chi connectivity index (χ4n) is 3.61. The summed E-state index contributed by atoms with van der Waals surface area (Å²) in [5, 5.41) is 4.31. The predicted molar refractivity (Wildman–Crippen MR) is 110 cm³/mol. The molecule has 3 heteroatoms. The van der Waals surface area contributed by atoms with Gasteiger partial charge in [-0.1, -0.05) is 37.6 Å². The van der Waals surface area contributed by atoms with Crippen LogP contribution in [0, 0.1) is 20.8 Å². The van der Waals surface area contributed by atoms with Gasteiger partial charge < -0.3 is 9.88 Å². The summed E-state index contributed by atoms with van der Waals surface area (Å²) >= 11 is 0. The first-order valence-corrected chi connectivity index (χ1v) is 9.27. The van der Waals surface area contributed by atoms with Crippen molar-refractivity contribution in [2.24, 2.45) is 0 Å². The molecule has 1 aromatic heterocycles. The van der Waals surface area contributed by atoms with Crippen LogP contribution in [0.25, 0.3) is 10.9 Å². The van der Waals surface area contributed by atoms with Gasteiger partial charge in [-0.05, 0) is 73.9 Å². The van der Waals surface area contributed by atoms with Gasteiger partial charge in [0.1, 0.15) is 6.04 Å². The molecule has 1 atom stereocenters. The van der Waals surface area contributed by atoms with Gasteiger partial charge in [0.15, 0.2) is 0 Å². The smallest absolute Gasteiger partial charge is 0.247 e. The number of nitrogens with one attached hydrogen (secondary N) is 1. The van der Waals surface area contributed by atoms with Crippen molar-refractivity contribution in [3.05, 3.63) is 64.8 Å². The van der Waals surface area contributed by atoms with Gasteiger partial charge in [0, 0.05) is 17.4 Å². The van der Waals surface area contributed by atoms with Crippen molar-refractivity contribution in [1.82, 2.24) is 4.57 Å². The minimum Gasteiger partial charge on any atom is -0.335 e. The molecule has 1 heterocycles. The van der Waals surface area contributed by atoms with Crippen LogP contribution in [-0.2, 0) is 4.79 Å². The van der Waals surface area contributed by atoms with Crippen LogP contribution in [0.4, 0.5) is 5.69 Å². The largest absolute Gasteiger partial charge is 0.335 e. The maximum absolute atomic E-state index is 12.9. The first-order valence-electron chi connectivity index (χ1n) is 9.27. The molecule has 0 aliphatic carbocycles. The zero-order chi connectivity index (χ0) is 19.0. The number of anilines is 1. The van der Waals surface area contributed by atoms with Crippen molar-refractivity contribution in [3.63, 3.8) is 0 Å². The molecule has 26 heavy (non-hydrogen) atoms. The van der Waals surface area contributed by atoms with Gasteiger partial charge in [-0.25, -0.2) is 0 Å². The van der Waals surface area contributed by atoms with Crippen LogP contribution in [0.15, 0.2) is 42.6 Å². The van der Waals surface area contributed by atoms with Gasteiger partial charge in [0.2, 0.25) is 5.91 Å². The molecular formula is C23H28N2O. The predicted octanol–water partition coefficient (Wildman–Crippen LogP) is 5.89. The molecule has 2 aromatic carbocycles. The minimum atomic E-state index is -0.280. The summed E-state index contributed by atoms with van der Waals surface area (Å²) in [5.41, 5.74) is 6.74. The summed E-state index contributed by atoms with van der Waals surface area (Å²) in [4.78, 5) is 12.9. The molecular weight excluding hydrogens is 320 g/mol. The van der Waals surface area contributed by atoms with Crippen LogP contribution in [-0.4, -0.2) is 10.5 Å². The Labute approximate surface area is 156 Å². The fourth-order valence-corrected chi connectivity index (χ4v) is 3.61. The number of hydrogen-bond donors (Lipinski definition) is 1. The third-order valence-electron chi connectivity index (χ3n) is 5.13. The molecule has 1 amide bonds. The Balaban J connectivity index is 1.88. The van der Waals surface area contributed by atoms with E-state index in [0.29, 0.717) is 5.92 Å². The molecule has 0 saturated heterocycles.